The minimum Gasteiger partial charge on any atom is -0.427 e. The maximum atomic E-state index is 6.70. The second kappa shape index (κ2) is 10.6. The summed E-state index contributed by atoms with van der Waals surface area (Å²) in [5.74, 6) is 2.35. The van der Waals surface area contributed by atoms with Crippen LogP contribution in [0.3, 0.4) is 0 Å². The van der Waals surface area contributed by atoms with Crippen molar-refractivity contribution in [1.29, 1.82) is 0 Å². The van der Waals surface area contributed by atoms with Gasteiger partial charge in [-0.25, -0.2) is 4.98 Å². The molecule has 3 heterocycles. The van der Waals surface area contributed by atoms with Gasteiger partial charge in [0.25, 0.3) is 6.92 Å². The Balaban J connectivity index is 1.59. The third-order valence-corrected chi connectivity index (χ3v) is 7.77. The predicted octanol–water partition coefficient (Wildman–Crippen LogP) is 8.65. The molecule has 2 aliphatic rings. The summed E-state index contributed by atoms with van der Waals surface area (Å²) in [4.78, 5) is 10.2. The fourth-order valence-corrected chi connectivity index (χ4v) is 5.89. The zero-order valence-corrected chi connectivity index (χ0v) is 21.5. The Morgan fingerprint density at radius 3 is 1.97 bits per heavy atom. The number of hydrogen-bond donors (Lipinski definition) is 0. The molecule has 176 valence electrons. The van der Waals surface area contributed by atoms with Gasteiger partial charge in [0, 0.05) is 0 Å². The molecule has 2 bridgehead atoms. The van der Waals surface area contributed by atoms with Crippen LogP contribution in [0.4, 0.5) is 5.69 Å². The summed E-state index contributed by atoms with van der Waals surface area (Å²) in [7, 11) is 0. The topological polar surface area (TPSA) is 34.5 Å². The van der Waals surface area contributed by atoms with E-state index >= 15 is 0 Å². The summed E-state index contributed by atoms with van der Waals surface area (Å²) in [6.45, 7) is 13.6. The number of para-hydroxylation sites is 1. The molecule has 33 heavy (non-hydrogen) atoms. The Morgan fingerprint density at radius 1 is 0.879 bits per heavy atom. The number of benzene rings is 1. The van der Waals surface area contributed by atoms with E-state index in [1.807, 2.05) is 0 Å². The molecule has 0 amide bonds. The number of hydrogen-bond acceptors (Lipinski definition) is 3. The molecule has 2 fully saturated rings. The molecule has 1 atom stereocenters. The van der Waals surface area contributed by atoms with E-state index in [-0.39, 0.29) is 6.10 Å². The highest BCUT2D eigenvalue weighted by molar-refractivity contribution is 6.56. The summed E-state index contributed by atoms with van der Waals surface area (Å²) in [5, 5.41) is 0. The van der Waals surface area contributed by atoms with Crippen LogP contribution in [-0.2, 0) is 4.65 Å². The van der Waals surface area contributed by atoms with Gasteiger partial charge in [-0.1, -0.05) is 90.5 Å². The Labute approximate surface area is 201 Å². The van der Waals surface area contributed by atoms with Gasteiger partial charge in [-0.05, 0) is 60.6 Å². The first kappa shape index (κ1) is 24.2. The van der Waals surface area contributed by atoms with Crippen LogP contribution in [0, 0.1) is 0 Å². The summed E-state index contributed by atoms with van der Waals surface area (Å²) in [6, 6.07) is 12.9. The smallest absolute Gasteiger partial charge is 0.300 e. The Kier molecular flexibility index (Phi) is 7.74. The predicted molar refractivity (Wildman–Crippen MR) is 141 cm³/mol. The molecule has 1 aromatic carbocycles. The van der Waals surface area contributed by atoms with E-state index in [2.05, 4.69) is 77.9 Å². The molecule has 0 spiro atoms. The van der Waals surface area contributed by atoms with Gasteiger partial charge in [-0.2, -0.15) is 0 Å². The van der Waals surface area contributed by atoms with Crippen molar-refractivity contribution in [2.45, 2.75) is 110 Å². The lowest BCUT2D eigenvalue weighted by Crippen LogP contribution is -2.38. The van der Waals surface area contributed by atoms with Crippen LogP contribution in [-0.4, -0.2) is 17.6 Å². The molecule has 0 aliphatic carbocycles. The molecular weight excluding hydrogens is 403 g/mol. The number of fused-ring (bicyclic) bond motifs is 2. The SMILES string of the molecule is CC(=Nc1c(C(C)C)cccc1C(C)C)c1cccc(C(C)OB2C3CCCC2CCC3)n1. The number of pyridine rings is 1. The van der Waals surface area contributed by atoms with Crippen molar-refractivity contribution in [3.05, 3.63) is 58.9 Å². The summed E-state index contributed by atoms with van der Waals surface area (Å²) >= 11 is 0. The lowest BCUT2D eigenvalue weighted by atomic mass is 9.38. The Hall–Kier alpha value is -1.94. The van der Waals surface area contributed by atoms with Crippen molar-refractivity contribution >= 4 is 18.3 Å². The van der Waals surface area contributed by atoms with Gasteiger partial charge in [0.2, 0.25) is 0 Å². The molecule has 3 nitrogen and oxygen atoms in total. The molecule has 2 saturated heterocycles. The minimum absolute atomic E-state index is 0.0122. The summed E-state index contributed by atoms with van der Waals surface area (Å²) in [5.41, 5.74) is 6.65. The van der Waals surface area contributed by atoms with E-state index in [1.54, 1.807) is 0 Å². The normalized spacial score (nSPS) is 22.2. The number of aliphatic imine (C=N–C) groups is 1. The van der Waals surface area contributed by atoms with E-state index in [0.717, 1.165) is 34.4 Å². The standard InChI is InChI=1S/C29H41BN2O/c1-19(2)25-15-9-16-26(20(3)4)29(25)31-21(5)27-17-10-18-28(32-27)22(6)33-30-23-11-7-12-24(30)14-8-13-23/h9-10,15-20,22-24H,7-8,11-14H2,1-6H3. The molecule has 0 radical (unpaired) electrons. The van der Waals surface area contributed by atoms with E-state index in [1.165, 1.54) is 49.7 Å². The molecule has 1 aromatic heterocycles. The summed E-state index contributed by atoms with van der Waals surface area (Å²) in [6.07, 6.45) is 8.10. The first-order valence-electron chi connectivity index (χ1n) is 13.2. The second-order valence-corrected chi connectivity index (χ2v) is 10.9. The Bertz CT molecular complexity index is 935. The third kappa shape index (κ3) is 5.43. The highest BCUT2D eigenvalue weighted by Gasteiger charge is 2.42. The lowest BCUT2D eigenvalue weighted by Gasteiger charge is -2.40. The van der Waals surface area contributed by atoms with Crippen molar-refractivity contribution in [1.82, 2.24) is 4.98 Å². The van der Waals surface area contributed by atoms with Gasteiger partial charge in [0.15, 0.2) is 0 Å². The average molecular weight is 444 g/mol. The largest absolute Gasteiger partial charge is 0.427 e. The van der Waals surface area contributed by atoms with Crippen LogP contribution in [0.25, 0.3) is 0 Å². The van der Waals surface area contributed by atoms with Crippen molar-refractivity contribution in [3.63, 3.8) is 0 Å². The number of aromatic nitrogens is 1. The monoisotopic (exact) mass is 444 g/mol. The van der Waals surface area contributed by atoms with Crippen molar-refractivity contribution < 1.29 is 4.65 Å². The van der Waals surface area contributed by atoms with Crippen molar-refractivity contribution in [2.75, 3.05) is 0 Å². The highest BCUT2D eigenvalue weighted by Crippen LogP contribution is 2.47. The fourth-order valence-electron chi connectivity index (χ4n) is 5.89. The van der Waals surface area contributed by atoms with Crippen LogP contribution >= 0.6 is 0 Å². The molecule has 2 aromatic rings. The van der Waals surface area contributed by atoms with Crippen LogP contribution in [0.15, 0.2) is 41.4 Å². The van der Waals surface area contributed by atoms with Gasteiger partial charge in [0.05, 0.1) is 28.9 Å². The van der Waals surface area contributed by atoms with Gasteiger partial charge in [-0.3, -0.25) is 4.99 Å². The minimum atomic E-state index is 0.0122. The first-order chi connectivity index (χ1) is 15.8. The number of rotatable bonds is 7. The first-order valence-corrected chi connectivity index (χ1v) is 13.2. The van der Waals surface area contributed by atoms with Crippen LogP contribution in [0.1, 0.15) is 121 Å². The van der Waals surface area contributed by atoms with E-state index in [0.29, 0.717) is 18.8 Å². The highest BCUT2D eigenvalue weighted by atomic mass is 16.4. The maximum Gasteiger partial charge on any atom is 0.300 e. The molecule has 0 saturated carbocycles. The molecule has 4 rings (SSSR count). The van der Waals surface area contributed by atoms with E-state index < -0.39 is 0 Å². The van der Waals surface area contributed by atoms with Crippen LogP contribution in [0.2, 0.25) is 11.6 Å². The molecular formula is C29H41BN2O. The van der Waals surface area contributed by atoms with Crippen LogP contribution in [0.5, 0.6) is 0 Å². The third-order valence-electron chi connectivity index (χ3n) is 7.77. The average Bonchev–Trinajstić information content (AvgIpc) is 2.78. The van der Waals surface area contributed by atoms with Crippen molar-refractivity contribution in [2.24, 2.45) is 4.99 Å². The van der Waals surface area contributed by atoms with E-state index in [9.17, 15) is 0 Å². The van der Waals surface area contributed by atoms with Crippen LogP contribution < -0.4 is 0 Å². The molecule has 1 unspecified atom stereocenters. The fraction of sp³-hybridized carbons (Fsp3) is 0.586. The van der Waals surface area contributed by atoms with E-state index in [4.69, 9.17) is 14.6 Å². The van der Waals surface area contributed by atoms with Gasteiger partial charge < -0.3 is 4.65 Å². The van der Waals surface area contributed by atoms with Gasteiger partial charge in [-0.15, -0.1) is 0 Å². The van der Waals surface area contributed by atoms with Gasteiger partial charge in [0.1, 0.15) is 0 Å². The number of nitrogens with zero attached hydrogens (tertiary/aromatic N) is 2. The van der Waals surface area contributed by atoms with Crippen molar-refractivity contribution in [3.8, 4) is 0 Å². The van der Waals surface area contributed by atoms with Gasteiger partial charge >= 0.3 is 0 Å². The molecule has 0 N–H and O–H groups in total. The second-order valence-electron chi connectivity index (χ2n) is 10.9. The lowest BCUT2D eigenvalue weighted by molar-refractivity contribution is 0.192. The zero-order valence-electron chi connectivity index (χ0n) is 21.5. The zero-order chi connectivity index (χ0) is 23.5. The molecule has 2 aliphatic heterocycles. The quantitative estimate of drug-likeness (QED) is 0.316. The molecule has 4 heteroatoms. The summed E-state index contributed by atoms with van der Waals surface area (Å²) < 4.78 is 6.70. The Morgan fingerprint density at radius 2 is 1.42 bits per heavy atom. The maximum absolute atomic E-state index is 6.70.